The molecular weight excluding hydrogens is 160 g/mol. The van der Waals surface area contributed by atoms with Crippen LogP contribution >= 0.6 is 0 Å². The van der Waals surface area contributed by atoms with Crippen LogP contribution in [0.4, 0.5) is 0 Å². The summed E-state index contributed by atoms with van der Waals surface area (Å²) in [6.45, 7) is 3.64. The molecule has 3 N–H and O–H groups in total. The number of rotatable bonds is 4. The zero-order chi connectivity index (χ0) is 9.57. The summed E-state index contributed by atoms with van der Waals surface area (Å²) in [6, 6.07) is 0. The summed E-state index contributed by atoms with van der Waals surface area (Å²) in [6.07, 6.45) is 6.07. The Balaban J connectivity index is 2.26. The van der Waals surface area contributed by atoms with E-state index in [9.17, 15) is 0 Å². The quantitative estimate of drug-likeness (QED) is 0.505. The molecular formula is C11H20N2. The first-order chi connectivity index (χ1) is 6.33. The number of hydrogen-bond donors (Lipinski definition) is 2. The van der Waals surface area contributed by atoms with Crippen molar-refractivity contribution in [3.63, 3.8) is 0 Å². The van der Waals surface area contributed by atoms with Gasteiger partial charge in [0.05, 0.1) is 0 Å². The first-order valence-electron chi connectivity index (χ1n) is 5.18. The van der Waals surface area contributed by atoms with Crippen molar-refractivity contribution in [2.24, 2.45) is 5.73 Å². The first-order valence-corrected chi connectivity index (χ1v) is 5.18. The molecule has 0 radical (unpaired) electrons. The van der Waals surface area contributed by atoms with Crippen LogP contribution < -0.4 is 11.1 Å². The maximum absolute atomic E-state index is 5.78. The van der Waals surface area contributed by atoms with Crippen molar-refractivity contribution in [3.05, 3.63) is 0 Å². The number of hydrogen-bond acceptors (Lipinski definition) is 2. The van der Waals surface area contributed by atoms with Gasteiger partial charge < -0.3 is 11.1 Å². The first kappa shape index (κ1) is 10.6. The number of nitrogens with two attached hydrogens (primary N) is 1. The van der Waals surface area contributed by atoms with Crippen molar-refractivity contribution in [1.29, 1.82) is 0 Å². The van der Waals surface area contributed by atoms with E-state index in [-0.39, 0.29) is 5.54 Å². The fraction of sp³-hybridized carbons (Fsp3) is 0.818. The maximum atomic E-state index is 5.78. The molecule has 13 heavy (non-hydrogen) atoms. The van der Waals surface area contributed by atoms with Crippen LogP contribution in [0.5, 0.6) is 0 Å². The molecule has 1 saturated carbocycles. The third kappa shape index (κ3) is 3.02. The fourth-order valence-electron chi connectivity index (χ4n) is 2.02. The van der Waals surface area contributed by atoms with E-state index in [0.717, 1.165) is 19.5 Å². The van der Waals surface area contributed by atoms with E-state index in [0.29, 0.717) is 0 Å². The van der Waals surface area contributed by atoms with Crippen LogP contribution in [0, 0.1) is 11.8 Å². The Morgan fingerprint density at radius 3 is 2.62 bits per heavy atom. The highest BCUT2D eigenvalue weighted by Crippen LogP contribution is 2.28. The monoisotopic (exact) mass is 180 g/mol. The predicted molar refractivity (Wildman–Crippen MR) is 56.3 cm³/mol. The molecule has 2 nitrogen and oxygen atoms in total. The molecule has 0 aromatic rings. The molecule has 0 heterocycles. The Morgan fingerprint density at radius 1 is 1.38 bits per heavy atom. The van der Waals surface area contributed by atoms with Gasteiger partial charge in [0.2, 0.25) is 0 Å². The van der Waals surface area contributed by atoms with Crippen LogP contribution in [0.15, 0.2) is 0 Å². The molecule has 1 aliphatic rings. The Morgan fingerprint density at radius 2 is 2.08 bits per heavy atom. The van der Waals surface area contributed by atoms with Gasteiger partial charge in [-0.25, -0.2) is 0 Å². The average molecular weight is 180 g/mol. The zero-order valence-electron chi connectivity index (χ0n) is 8.53. The summed E-state index contributed by atoms with van der Waals surface area (Å²) in [7, 11) is 0. The van der Waals surface area contributed by atoms with E-state index in [1.807, 2.05) is 6.92 Å². The molecule has 0 aromatic carbocycles. The molecule has 0 amide bonds. The lowest BCUT2D eigenvalue weighted by Crippen LogP contribution is -2.49. The highest BCUT2D eigenvalue weighted by atomic mass is 15.0. The highest BCUT2D eigenvalue weighted by Gasteiger charge is 2.31. The largest absolute Gasteiger partial charge is 0.329 e. The van der Waals surface area contributed by atoms with E-state index < -0.39 is 0 Å². The van der Waals surface area contributed by atoms with Crippen molar-refractivity contribution in [2.45, 2.75) is 44.6 Å². The summed E-state index contributed by atoms with van der Waals surface area (Å²) < 4.78 is 0. The summed E-state index contributed by atoms with van der Waals surface area (Å²) in [4.78, 5) is 0. The van der Waals surface area contributed by atoms with E-state index in [4.69, 9.17) is 5.73 Å². The highest BCUT2D eigenvalue weighted by molar-refractivity contribution is 4.98. The van der Waals surface area contributed by atoms with E-state index in [1.54, 1.807) is 0 Å². The van der Waals surface area contributed by atoms with Crippen LogP contribution in [-0.2, 0) is 0 Å². The van der Waals surface area contributed by atoms with Crippen LogP contribution in [0.1, 0.15) is 39.0 Å². The second-order valence-corrected chi connectivity index (χ2v) is 3.80. The molecule has 0 unspecified atom stereocenters. The van der Waals surface area contributed by atoms with Gasteiger partial charge in [-0.05, 0) is 19.8 Å². The SMILES string of the molecule is CC#CCCNC1(CN)CCCC1. The minimum atomic E-state index is 0.245. The van der Waals surface area contributed by atoms with Crippen molar-refractivity contribution in [3.8, 4) is 11.8 Å². The van der Waals surface area contributed by atoms with Gasteiger partial charge in [-0.2, -0.15) is 0 Å². The third-order valence-corrected chi connectivity index (χ3v) is 2.88. The maximum Gasteiger partial charge on any atom is 0.0304 e. The van der Waals surface area contributed by atoms with Gasteiger partial charge in [0.1, 0.15) is 0 Å². The zero-order valence-corrected chi connectivity index (χ0v) is 8.53. The molecule has 0 aromatic heterocycles. The van der Waals surface area contributed by atoms with E-state index in [2.05, 4.69) is 17.2 Å². The van der Waals surface area contributed by atoms with Crippen molar-refractivity contribution in [2.75, 3.05) is 13.1 Å². The minimum absolute atomic E-state index is 0.245. The molecule has 1 fully saturated rings. The molecule has 0 saturated heterocycles. The van der Waals surface area contributed by atoms with Crippen LogP contribution in [-0.4, -0.2) is 18.6 Å². The van der Waals surface area contributed by atoms with Gasteiger partial charge in [0.25, 0.3) is 0 Å². The normalized spacial score (nSPS) is 19.5. The minimum Gasteiger partial charge on any atom is -0.329 e. The average Bonchev–Trinajstić information content (AvgIpc) is 2.62. The third-order valence-electron chi connectivity index (χ3n) is 2.88. The lowest BCUT2D eigenvalue weighted by molar-refractivity contribution is 0.345. The summed E-state index contributed by atoms with van der Waals surface area (Å²) in [5.74, 6) is 5.96. The lowest BCUT2D eigenvalue weighted by atomic mass is 9.98. The van der Waals surface area contributed by atoms with Crippen LogP contribution in [0.2, 0.25) is 0 Å². The summed E-state index contributed by atoms with van der Waals surface area (Å²) in [5.41, 5.74) is 6.03. The Hall–Kier alpha value is -0.520. The second kappa shape index (κ2) is 5.26. The second-order valence-electron chi connectivity index (χ2n) is 3.80. The van der Waals surface area contributed by atoms with Crippen LogP contribution in [0.25, 0.3) is 0 Å². The van der Waals surface area contributed by atoms with Crippen molar-refractivity contribution < 1.29 is 0 Å². The molecule has 0 spiro atoms. The Bertz CT molecular complexity index is 194. The molecule has 2 heteroatoms. The fourth-order valence-corrected chi connectivity index (χ4v) is 2.02. The van der Waals surface area contributed by atoms with Crippen molar-refractivity contribution >= 4 is 0 Å². The Labute approximate surface area is 81.3 Å². The molecule has 74 valence electrons. The molecule has 0 atom stereocenters. The van der Waals surface area contributed by atoms with E-state index in [1.165, 1.54) is 25.7 Å². The number of nitrogens with one attached hydrogen (secondary N) is 1. The predicted octanol–water partition coefficient (Wildman–Crippen LogP) is 1.26. The molecule has 0 aliphatic heterocycles. The topological polar surface area (TPSA) is 38.0 Å². The molecule has 0 bridgehead atoms. The Kier molecular flexibility index (Phi) is 4.27. The van der Waals surface area contributed by atoms with Gasteiger partial charge in [0.15, 0.2) is 0 Å². The smallest absolute Gasteiger partial charge is 0.0304 e. The summed E-state index contributed by atoms with van der Waals surface area (Å²) >= 11 is 0. The van der Waals surface area contributed by atoms with Crippen LogP contribution in [0.3, 0.4) is 0 Å². The van der Waals surface area contributed by atoms with Gasteiger partial charge in [-0.3, -0.25) is 0 Å². The van der Waals surface area contributed by atoms with Gasteiger partial charge in [-0.1, -0.05) is 12.8 Å². The standard InChI is InChI=1S/C11H20N2/c1-2-3-6-9-13-11(10-12)7-4-5-8-11/h13H,4-10,12H2,1H3. The van der Waals surface area contributed by atoms with Gasteiger partial charge in [-0.15, -0.1) is 11.8 Å². The van der Waals surface area contributed by atoms with Gasteiger partial charge in [0, 0.05) is 25.0 Å². The van der Waals surface area contributed by atoms with Gasteiger partial charge >= 0.3 is 0 Å². The molecule has 1 rings (SSSR count). The van der Waals surface area contributed by atoms with Crippen molar-refractivity contribution in [1.82, 2.24) is 5.32 Å². The lowest BCUT2D eigenvalue weighted by Gasteiger charge is -2.28. The van der Waals surface area contributed by atoms with E-state index >= 15 is 0 Å². The molecule has 1 aliphatic carbocycles. The summed E-state index contributed by atoms with van der Waals surface area (Å²) in [5, 5.41) is 3.55.